The fourth-order valence-electron chi connectivity index (χ4n) is 3.06. The van der Waals surface area contributed by atoms with E-state index in [0.29, 0.717) is 0 Å². The van der Waals surface area contributed by atoms with Gasteiger partial charge >= 0.3 is 0 Å². The number of benzene rings is 2. The lowest BCUT2D eigenvalue weighted by Crippen LogP contribution is -2.47. The molecule has 0 amide bonds. The van der Waals surface area contributed by atoms with Gasteiger partial charge in [-0.1, -0.05) is 24.3 Å². The van der Waals surface area contributed by atoms with Crippen molar-refractivity contribution in [1.29, 1.82) is 0 Å². The largest absolute Gasteiger partial charge is 0.399 e. The van der Waals surface area contributed by atoms with E-state index in [1.165, 1.54) is 11.6 Å². The van der Waals surface area contributed by atoms with Gasteiger partial charge in [-0.25, -0.2) is 8.78 Å². The first-order valence-electron chi connectivity index (χ1n) is 8.31. The second kappa shape index (κ2) is 7.62. The van der Waals surface area contributed by atoms with Gasteiger partial charge in [0.05, 0.1) is 0 Å². The fraction of sp³-hybridized carbons (Fsp3) is 0.368. The molecule has 1 saturated heterocycles. The van der Waals surface area contributed by atoms with E-state index in [9.17, 15) is 8.78 Å². The van der Waals surface area contributed by atoms with Gasteiger partial charge in [-0.15, -0.1) is 0 Å². The van der Waals surface area contributed by atoms with E-state index in [2.05, 4.69) is 21.9 Å². The monoisotopic (exact) mass is 331 g/mol. The number of alkyl halides is 2. The number of nitrogens with two attached hydrogens (primary N) is 1. The molecule has 0 bridgehead atoms. The minimum Gasteiger partial charge on any atom is -0.399 e. The summed E-state index contributed by atoms with van der Waals surface area (Å²) in [4.78, 5) is 4.61. The molecule has 0 unspecified atom stereocenters. The van der Waals surface area contributed by atoms with Gasteiger partial charge in [0, 0.05) is 49.7 Å². The molecular formula is C19H23F2N3. The third-order valence-electron chi connectivity index (χ3n) is 4.56. The fourth-order valence-corrected chi connectivity index (χ4v) is 3.06. The van der Waals surface area contributed by atoms with Crippen molar-refractivity contribution in [3.05, 3.63) is 59.7 Å². The summed E-state index contributed by atoms with van der Waals surface area (Å²) in [5, 5.41) is 0. The van der Waals surface area contributed by atoms with Gasteiger partial charge < -0.3 is 10.6 Å². The van der Waals surface area contributed by atoms with Crippen molar-refractivity contribution >= 4 is 11.4 Å². The first-order chi connectivity index (χ1) is 11.6. The molecule has 1 heterocycles. The first-order valence-corrected chi connectivity index (χ1v) is 8.31. The van der Waals surface area contributed by atoms with Crippen LogP contribution in [0.25, 0.3) is 0 Å². The molecule has 5 heteroatoms. The van der Waals surface area contributed by atoms with Crippen LogP contribution in [0.5, 0.6) is 0 Å². The third-order valence-corrected chi connectivity index (χ3v) is 4.56. The van der Waals surface area contributed by atoms with Gasteiger partial charge in [0.1, 0.15) is 0 Å². The van der Waals surface area contributed by atoms with Crippen LogP contribution >= 0.6 is 0 Å². The molecule has 0 saturated carbocycles. The SMILES string of the molecule is Nc1ccc(CCN2CCN(c3cccc(C(F)F)c3)CC2)cc1. The highest BCUT2D eigenvalue weighted by Crippen LogP contribution is 2.24. The Morgan fingerprint density at radius 2 is 1.67 bits per heavy atom. The molecular weight excluding hydrogens is 308 g/mol. The molecule has 24 heavy (non-hydrogen) atoms. The molecule has 128 valence electrons. The molecule has 2 N–H and O–H groups in total. The Kier molecular flexibility index (Phi) is 5.30. The van der Waals surface area contributed by atoms with Gasteiger partial charge in [-0.3, -0.25) is 4.90 Å². The van der Waals surface area contributed by atoms with Crippen LogP contribution in [0.3, 0.4) is 0 Å². The predicted octanol–water partition coefficient (Wildman–Crippen LogP) is 3.57. The number of piperazine rings is 1. The second-order valence-corrected chi connectivity index (χ2v) is 6.22. The zero-order valence-corrected chi connectivity index (χ0v) is 13.7. The van der Waals surface area contributed by atoms with Gasteiger partial charge in [0.2, 0.25) is 0 Å². The zero-order chi connectivity index (χ0) is 16.9. The number of rotatable bonds is 5. The number of halogens is 2. The van der Waals surface area contributed by atoms with Crippen molar-refractivity contribution in [2.75, 3.05) is 43.4 Å². The number of anilines is 2. The Labute approximate surface area is 141 Å². The Morgan fingerprint density at radius 3 is 2.33 bits per heavy atom. The van der Waals surface area contributed by atoms with Crippen molar-refractivity contribution in [2.45, 2.75) is 12.8 Å². The summed E-state index contributed by atoms with van der Waals surface area (Å²) in [6.45, 7) is 4.65. The van der Waals surface area contributed by atoms with Gasteiger partial charge in [0.15, 0.2) is 0 Å². The van der Waals surface area contributed by atoms with Crippen LogP contribution in [0, 0.1) is 0 Å². The number of nitrogen functional groups attached to an aromatic ring is 1. The standard InChI is InChI=1S/C19H23F2N3/c20-19(21)16-2-1-3-18(14-16)24-12-10-23(11-13-24)9-8-15-4-6-17(22)7-5-15/h1-7,14,19H,8-13,22H2. The van der Waals surface area contributed by atoms with Crippen LogP contribution in [0.4, 0.5) is 20.2 Å². The lowest BCUT2D eigenvalue weighted by molar-refractivity contribution is 0.151. The maximum atomic E-state index is 12.8. The molecule has 2 aromatic rings. The Balaban J connectivity index is 1.50. The van der Waals surface area contributed by atoms with Gasteiger partial charge in [-0.2, -0.15) is 0 Å². The van der Waals surface area contributed by atoms with Crippen LogP contribution in [0.1, 0.15) is 17.6 Å². The molecule has 0 aromatic heterocycles. The Bertz CT molecular complexity index is 650. The molecule has 0 aliphatic carbocycles. The first kappa shape index (κ1) is 16.7. The molecule has 3 nitrogen and oxygen atoms in total. The number of hydrogen-bond acceptors (Lipinski definition) is 3. The van der Waals surface area contributed by atoms with E-state index in [1.54, 1.807) is 12.1 Å². The van der Waals surface area contributed by atoms with E-state index in [-0.39, 0.29) is 5.56 Å². The maximum Gasteiger partial charge on any atom is 0.263 e. The minimum atomic E-state index is -2.41. The average Bonchev–Trinajstić information content (AvgIpc) is 2.62. The second-order valence-electron chi connectivity index (χ2n) is 6.22. The third kappa shape index (κ3) is 4.23. The van der Waals surface area contributed by atoms with Crippen molar-refractivity contribution in [2.24, 2.45) is 0 Å². The Hall–Kier alpha value is -2.14. The van der Waals surface area contributed by atoms with Crippen molar-refractivity contribution < 1.29 is 8.78 Å². The van der Waals surface area contributed by atoms with E-state index in [0.717, 1.165) is 50.5 Å². The topological polar surface area (TPSA) is 32.5 Å². The van der Waals surface area contributed by atoms with E-state index in [1.807, 2.05) is 18.2 Å². The van der Waals surface area contributed by atoms with Gasteiger partial charge in [-0.05, 0) is 36.2 Å². The molecule has 0 radical (unpaired) electrons. The van der Waals surface area contributed by atoms with E-state index < -0.39 is 6.43 Å². The highest BCUT2D eigenvalue weighted by Gasteiger charge is 2.18. The molecule has 0 atom stereocenters. The normalized spacial score (nSPS) is 15.9. The molecule has 1 aliphatic rings. The van der Waals surface area contributed by atoms with Crippen molar-refractivity contribution in [3.63, 3.8) is 0 Å². The van der Waals surface area contributed by atoms with Crippen molar-refractivity contribution in [3.8, 4) is 0 Å². The summed E-state index contributed by atoms with van der Waals surface area (Å²) in [7, 11) is 0. The van der Waals surface area contributed by atoms with Crippen LogP contribution in [-0.4, -0.2) is 37.6 Å². The van der Waals surface area contributed by atoms with Gasteiger partial charge in [0.25, 0.3) is 6.43 Å². The summed E-state index contributed by atoms with van der Waals surface area (Å²) in [6, 6.07) is 14.7. The molecule has 2 aromatic carbocycles. The summed E-state index contributed by atoms with van der Waals surface area (Å²) >= 11 is 0. The highest BCUT2D eigenvalue weighted by molar-refractivity contribution is 5.49. The predicted molar refractivity (Wildman–Crippen MR) is 94.6 cm³/mol. The zero-order valence-electron chi connectivity index (χ0n) is 13.7. The maximum absolute atomic E-state index is 12.8. The van der Waals surface area contributed by atoms with Crippen molar-refractivity contribution in [1.82, 2.24) is 4.90 Å². The van der Waals surface area contributed by atoms with Crippen LogP contribution in [0.2, 0.25) is 0 Å². The summed E-state index contributed by atoms with van der Waals surface area (Å²) in [5.74, 6) is 0. The average molecular weight is 331 g/mol. The molecule has 0 spiro atoms. The van der Waals surface area contributed by atoms with Crippen LogP contribution in [0.15, 0.2) is 48.5 Å². The molecule has 3 rings (SSSR count). The van der Waals surface area contributed by atoms with E-state index in [4.69, 9.17) is 5.73 Å². The molecule has 1 aliphatic heterocycles. The van der Waals surface area contributed by atoms with E-state index >= 15 is 0 Å². The summed E-state index contributed by atoms with van der Waals surface area (Å²) in [5.41, 5.74) is 8.77. The highest BCUT2D eigenvalue weighted by atomic mass is 19.3. The van der Waals surface area contributed by atoms with Crippen LogP contribution in [-0.2, 0) is 6.42 Å². The lowest BCUT2D eigenvalue weighted by atomic mass is 10.1. The summed E-state index contributed by atoms with van der Waals surface area (Å²) < 4.78 is 25.7. The Morgan fingerprint density at radius 1 is 0.958 bits per heavy atom. The summed E-state index contributed by atoms with van der Waals surface area (Å²) in [6.07, 6.45) is -1.41. The lowest BCUT2D eigenvalue weighted by Gasteiger charge is -2.36. The smallest absolute Gasteiger partial charge is 0.263 e. The minimum absolute atomic E-state index is 0.0956. The van der Waals surface area contributed by atoms with Crippen LogP contribution < -0.4 is 10.6 Å². The number of nitrogens with zero attached hydrogens (tertiary/aromatic N) is 2. The number of hydrogen-bond donors (Lipinski definition) is 1. The molecule has 1 fully saturated rings. The quantitative estimate of drug-likeness (QED) is 0.850.